The second-order valence-corrected chi connectivity index (χ2v) is 6.49. The third kappa shape index (κ3) is 4.02. The van der Waals surface area contributed by atoms with Crippen molar-refractivity contribution in [2.75, 3.05) is 0 Å². The van der Waals surface area contributed by atoms with Gasteiger partial charge in [0.05, 0.1) is 5.02 Å². The smallest absolute Gasteiger partial charge is 0.342 e. The number of hydrogen-bond donors (Lipinski definition) is 3. The second kappa shape index (κ2) is 7.17. The summed E-state index contributed by atoms with van der Waals surface area (Å²) < 4.78 is 0.627. The molecule has 0 fully saturated rings. The van der Waals surface area contributed by atoms with Crippen LogP contribution in [0.15, 0.2) is 26.7 Å². The predicted molar refractivity (Wildman–Crippen MR) is 88.0 cm³/mol. The lowest BCUT2D eigenvalue weighted by molar-refractivity contribution is -0.131. The lowest BCUT2D eigenvalue weighted by atomic mass is 10.2. The number of aryl methyl sites for hydroxylation is 1. The number of aromatic hydroxyl groups is 1. The van der Waals surface area contributed by atoms with Crippen molar-refractivity contribution in [3.05, 3.63) is 37.9 Å². The maximum atomic E-state index is 11.4. The number of benzene rings is 1. The molecule has 0 unspecified atom stereocenters. The fraction of sp³-hybridized carbons (Fsp3) is 0.154. The number of phenols is 1. The highest BCUT2D eigenvalue weighted by molar-refractivity contribution is 9.10. The number of nitrogens with zero attached hydrogens (tertiary/aromatic N) is 2. The van der Waals surface area contributed by atoms with E-state index in [1.165, 1.54) is 12.1 Å². The Hall–Kier alpha value is -1.51. The van der Waals surface area contributed by atoms with Gasteiger partial charge in [-0.05, 0) is 30.0 Å². The minimum atomic E-state index is -1.15. The van der Waals surface area contributed by atoms with Crippen LogP contribution in [-0.2, 0) is 11.2 Å². The van der Waals surface area contributed by atoms with Crippen LogP contribution in [0.4, 0.5) is 0 Å². The van der Waals surface area contributed by atoms with Crippen LogP contribution >= 0.6 is 39.3 Å². The molecule has 0 aliphatic carbocycles. The summed E-state index contributed by atoms with van der Waals surface area (Å²) in [5, 5.41) is 26.3. The van der Waals surface area contributed by atoms with E-state index in [0.717, 1.165) is 11.8 Å². The van der Waals surface area contributed by atoms with Crippen molar-refractivity contribution >= 4 is 51.3 Å². The average molecular weight is 405 g/mol. The molecule has 116 valence electrons. The Morgan fingerprint density at radius 3 is 2.86 bits per heavy atom. The molecule has 0 atom stereocenters. The zero-order valence-electron chi connectivity index (χ0n) is 11.3. The Kier molecular flexibility index (Phi) is 5.49. The number of carboxylic acid groups (broad SMARTS) is 1. The number of rotatable bonds is 5. The van der Waals surface area contributed by atoms with Crippen LogP contribution < -0.4 is 0 Å². The lowest BCUT2D eigenvalue weighted by Gasteiger charge is -2.05. The summed E-state index contributed by atoms with van der Waals surface area (Å²) in [6.45, 7) is 1.91. The van der Waals surface area contributed by atoms with Crippen molar-refractivity contribution in [1.82, 2.24) is 15.2 Å². The molecule has 0 saturated carbocycles. The second-order valence-electron chi connectivity index (χ2n) is 4.16. The number of thioether (sulfide) groups is 1. The van der Waals surface area contributed by atoms with Crippen LogP contribution in [-0.4, -0.2) is 31.4 Å². The van der Waals surface area contributed by atoms with Gasteiger partial charge in [0.25, 0.3) is 0 Å². The molecule has 3 N–H and O–H groups in total. The number of carboxylic acids is 1. The molecular formula is C13H11BrClN3O3S. The molecule has 0 amide bonds. The van der Waals surface area contributed by atoms with Crippen molar-refractivity contribution in [3.63, 3.8) is 0 Å². The molecule has 22 heavy (non-hydrogen) atoms. The van der Waals surface area contributed by atoms with E-state index in [1.807, 2.05) is 6.92 Å². The summed E-state index contributed by atoms with van der Waals surface area (Å²) in [4.78, 5) is 15.5. The molecule has 1 heterocycles. The van der Waals surface area contributed by atoms with Crippen molar-refractivity contribution < 1.29 is 15.0 Å². The third-order valence-corrected chi connectivity index (χ3v) is 4.23. The van der Waals surface area contributed by atoms with Crippen LogP contribution in [0, 0.1) is 0 Å². The van der Waals surface area contributed by atoms with E-state index in [-0.39, 0.29) is 21.2 Å². The first-order valence-electron chi connectivity index (χ1n) is 6.12. The molecule has 0 bridgehead atoms. The van der Waals surface area contributed by atoms with Crippen molar-refractivity contribution in [2.45, 2.75) is 18.5 Å². The highest BCUT2D eigenvalue weighted by atomic mass is 79.9. The number of carbonyl (C=O) groups is 1. The average Bonchev–Trinajstić information content (AvgIpc) is 2.91. The minimum absolute atomic E-state index is 0.0360. The first kappa shape index (κ1) is 16.9. The molecule has 2 aromatic rings. The molecular weight excluding hydrogens is 394 g/mol. The monoisotopic (exact) mass is 403 g/mol. The standard InChI is InChI=1S/C13H11BrClN3O3S/c1-2-10-16-13(18-17-10)22-9(12(20)21)4-6-3-7(14)5-8(15)11(6)19/h3-5,19H,2H2,1H3,(H,20,21)(H,16,17,18)/b9-4-. The van der Waals surface area contributed by atoms with Gasteiger partial charge >= 0.3 is 5.97 Å². The fourth-order valence-corrected chi connectivity index (χ4v) is 3.10. The van der Waals surface area contributed by atoms with Crippen molar-refractivity contribution in [1.29, 1.82) is 0 Å². The van der Waals surface area contributed by atoms with E-state index in [1.54, 1.807) is 6.07 Å². The third-order valence-electron chi connectivity index (χ3n) is 2.60. The Morgan fingerprint density at radius 2 is 2.27 bits per heavy atom. The van der Waals surface area contributed by atoms with E-state index in [9.17, 15) is 15.0 Å². The highest BCUT2D eigenvalue weighted by Crippen LogP contribution is 2.35. The van der Waals surface area contributed by atoms with Gasteiger partial charge in [0.2, 0.25) is 5.16 Å². The summed E-state index contributed by atoms with van der Waals surface area (Å²) in [5.41, 5.74) is 0.288. The van der Waals surface area contributed by atoms with Crippen molar-refractivity contribution in [3.8, 4) is 5.75 Å². The molecule has 2 rings (SSSR count). The summed E-state index contributed by atoms with van der Waals surface area (Å²) in [5.74, 6) is -0.669. The van der Waals surface area contributed by atoms with Gasteiger partial charge in [-0.1, -0.05) is 34.5 Å². The number of aromatic amines is 1. The van der Waals surface area contributed by atoms with Crippen LogP contribution in [0.1, 0.15) is 18.3 Å². The number of hydrogen-bond acceptors (Lipinski definition) is 5. The quantitative estimate of drug-likeness (QED) is 0.519. The van der Waals surface area contributed by atoms with Gasteiger partial charge in [0.1, 0.15) is 16.5 Å². The van der Waals surface area contributed by atoms with Crippen LogP contribution in [0.5, 0.6) is 5.75 Å². The van der Waals surface area contributed by atoms with E-state index in [4.69, 9.17) is 11.6 Å². The van der Waals surface area contributed by atoms with E-state index in [0.29, 0.717) is 21.9 Å². The maximum absolute atomic E-state index is 11.4. The molecule has 0 aliphatic heterocycles. The predicted octanol–water partition coefficient (Wildman–Crippen LogP) is 3.71. The fourth-order valence-electron chi connectivity index (χ4n) is 1.55. The van der Waals surface area contributed by atoms with Crippen molar-refractivity contribution in [2.24, 2.45) is 0 Å². The zero-order chi connectivity index (χ0) is 16.3. The Balaban J connectivity index is 2.37. The van der Waals surface area contributed by atoms with Gasteiger partial charge in [-0.15, -0.1) is 5.10 Å². The number of halogens is 2. The van der Waals surface area contributed by atoms with Gasteiger partial charge in [0, 0.05) is 16.5 Å². The van der Waals surface area contributed by atoms with Gasteiger partial charge in [-0.3, -0.25) is 5.10 Å². The summed E-state index contributed by atoms with van der Waals surface area (Å²) in [6.07, 6.45) is 1.99. The molecule has 1 aromatic carbocycles. The molecule has 0 saturated heterocycles. The van der Waals surface area contributed by atoms with Gasteiger partial charge < -0.3 is 10.2 Å². The SMILES string of the molecule is CCc1nc(S/C(=C\c2cc(Br)cc(Cl)c2O)C(=O)O)n[nH]1. The Labute approximate surface area is 143 Å². The van der Waals surface area contributed by atoms with Gasteiger partial charge in [-0.25, -0.2) is 9.78 Å². The van der Waals surface area contributed by atoms with E-state index >= 15 is 0 Å². The summed E-state index contributed by atoms with van der Waals surface area (Å²) in [7, 11) is 0. The minimum Gasteiger partial charge on any atom is -0.506 e. The van der Waals surface area contributed by atoms with Crippen LogP contribution in [0.3, 0.4) is 0 Å². The largest absolute Gasteiger partial charge is 0.506 e. The van der Waals surface area contributed by atoms with Crippen LogP contribution in [0.25, 0.3) is 6.08 Å². The first-order valence-corrected chi connectivity index (χ1v) is 8.11. The summed E-state index contributed by atoms with van der Waals surface area (Å²) in [6, 6.07) is 3.09. The van der Waals surface area contributed by atoms with Gasteiger partial charge in [-0.2, -0.15) is 0 Å². The van der Waals surface area contributed by atoms with E-state index < -0.39 is 5.97 Å². The van der Waals surface area contributed by atoms with Gasteiger partial charge in [0.15, 0.2) is 0 Å². The Morgan fingerprint density at radius 1 is 1.55 bits per heavy atom. The lowest BCUT2D eigenvalue weighted by Crippen LogP contribution is -1.97. The first-order chi connectivity index (χ1) is 10.4. The number of aliphatic carboxylic acids is 1. The van der Waals surface area contributed by atoms with Crippen LogP contribution in [0.2, 0.25) is 5.02 Å². The molecule has 0 radical (unpaired) electrons. The topological polar surface area (TPSA) is 99.1 Å². The molecule has 0 aliphatic rings. The number of H-pyrrole nitrogens is 1. The maximum Gasteiger partial charge on any atom is 0.342 e. The Bertz CT molecular complexity index is 748. The molecule has 0 spiro atoms. The summed E-state index contributed by atoms with van der Waals surface area (Å²) >= 11 is 10.0. The normalized spacial score (nSPS) is 11.7. The highest BCUT2D eigenvalue weighted by Gasteiger charge is 2.15. The number of aromatic nitrogens is 3. The molecule has 1 aromatic heterocycles. The molecule has 6 nitrogen and oxygen atoms in total. The van der Waals surface area contributed by atoms with E-state index in [2.05, 4.69) is 31.1 Å². The molecule has 9 heteroatoms. The zero-order valence-corrected chi connectivity index (χ0v) is 14.5. The number of nitrogens with one attached hydrogen (secondary N) is 1. The number of phenolic OH excluding ortho intramolecular Hbond substituents is 1.